The molecule has 0 heterocycles. The summed E-state index contributed by atoms with van der Waals surface area (Å²) in [6, 6.07) is 6.72. The molecule has 0 aliphatic rings. The summed E-state index contributed by atoms with van der Waals surface area (Å²) >= 11 is 5.74. The Labute approximate surface area is 130 Å². The van der Waals surface area contributed by atoms with Gasteiger partial charge >= 0.3 is 0 Å². The van der Waals surface area contributed by atoms with Crippen molar-refractivity contribution in [3.8, 4) is 0 Å². The van der Waals surface area contributed by atoms with E-state index in [0.29, 0.717) is 17.1 Å². The first-order valence-electron chi connectivity index (χ1n) is 6.30. The Kier molecular flexibility index (Phi) is 9.21. The summed E-state index contributed by atoms with van der Waals surface area (Å²) in [5, 5.41) is 3.33. The number of halogens is 2. The number of benzene rings is 1. The smallest absolute Gasteiger partial charge is 0.220 e. The average molecular weight is 319 g/mol. The predicted octanol–water partition coefficient (Wildman–Crippen LogP) is 2.58. The lowest BCUT2D eigenvalue weighted by Gasteiger charge is -2.07. The minimum absolute atomic E-state index is 0. The average Bonchev–Trinajstić information content (AvgIpc) is 2.36. The third-order valence-electron chi connectivity index (χ3n) is 2.67. The van der Waals surface area contributed by atoms with Crippen LogP contribution in [0, 0.1) is 0 Å². The van der Waals surface area contributed by atoms with Crippen LogP contribution in [0.2, 0.25) is 5.02 Å². The van der Waals surface area contributed by atoms with Crippen LogP contribution in [0.1, 0.15) is 36.5 Å². The van der Waals surface area contributed by atoms with Gasteiger partial charge in [0.05, 0.1) is 0 Å². The van der Waals surface area contributed by atoms with Crippen LogP contribution in [-0.4, -0.2) is 24.3 Å². The highest BCUT2D eigenvalue weighted by atomic mass is 35.5. The number of Topliss-reactive ketones (excluding diaryl/α,β-unsaturated/α-hetero) is 1. The zero-order valence-corrected chi connectivity index (χ0v) is 13.0. The molecule has 1 aromatic rings. The molecule has 0 aromatic heterocycles. The summed E-state index contributed by atoms with van der Waals surface area (Å²) in [6.45, 7) is 2.43. The van der Waals surface area contributed by atoms with Crippen molar-refractivity contribution >= 4 is 35.7 Å². The number of hydrogen-bond donors (Lipinski definition) is 2. The van der Waals surface area contributed by atoms with Crippen LogP contribution in [0.5, 0.6) is 0 Å². The van der Waals surface area contributed by atoms with E-state index in [4.69, 9.17) is 17.3 Å². The van der Waals surface area contributed by atoms with E-state index < -0.39 is 0 Å². The summed E-state index contributed by atoms with van der Waals surface area (Å²) in [5.41, 5.74) is 6.15. The fourth-order valence-electron chi connectivity index (χ4n) is 1.53. The van der Waals surface area contributed by atoms with Gasteiger partial charge < -0.3 is 11.1 Å². The topological polar surface area (TPSA) is 72.2 Å². The molecule has 0 saturated heterocycles. The lowest BCUT2D eigenvalue weighted by atomic mass is 10.1. The Balaban J connectivity index is 0.00000361. The maximum Gasteiger partial charge on any atom is 0.220 e. The van der Waals surface area contributed by atoms with Crippen LogP contribution in [0.3, 0.4) is 0 Å². The quantitative estimate of drug-likeness (QED) is 0.759. The van der Waals surface area contributed by atoms with Gasteiger partial charge in [0.25, 0.3) is 0 Å². The molecule has 0 spiro atoms. The Hall–Kier alpha value is -1.10. The molecule has 112 valence electrons. The maximum absolute atomic E-state index is 11.8. The molecule has 1 amide bonds. The molecule has 1 unspecified atom stereocenters. The number of nitrogens with two attached hydrogens (primary N) is 1. The monoisotopic (exact) mass is 318 g/mol. The Morgan fingerprint density at radius 2 is 1.85 bits per heavy atom. The van der Waals surface area contributed by atoms with Crippen LogP contribution in [0.25, 0.3) is 0 Å². The largest absolute Gasteiger partial charge is 0.356 e. The molecule has 0 aliphatic heterocycles. The number of carbonyl (C=O) groups excluding carboxylic acids is 2. The van der Waals surface area contributed by atoms with Crippen molar-refractivity contribution in [2.45, 2.75) is 32.2 Å². The minimum atomic E-state index is -0.122. The molecule has 0 fully saturated rings. The molecule has 3 N–H and O–H groups in total. The predicted molar refractivity (Wildman–Crippen MR) is 83.5 cm³/mol. The number of hydrogen-bond acceptors (Lipinski definition) is 3. The van der Waals surface area contributed by atoms with Gasteiger partial charge in [-0.05, 0) is 37.6 Å². The van der Waals surface area contributed by atoms with Gasteiger partial charge in [-0.2, -0.15) is 0 Å². The molecule has 1 rings (SSSR count). The van der Waals surface area contributed by atoms with Crippen molar-refractivity contribution in [2.24, 2.45) is 5.73 Å². The molecule has 0 aliphatic carbocycles. The molecule has 0 bridgehead atoms. The standard InChI is InChI=1S/C14H19ClN2O2.ClH/c1-10(16)8-9-17-14(19)7-6-13(18)11-2-4-12(15)5-3-11;/h2-5,10H,6-9,16H2,1H3,(H,17,19);1H. The van der Waals surface area contributed by atoms with E-state index in [1.807, 2.05) is 6.92 Å². The van der Waals surface area contributed by atoms with E-state index in [0.717, 1.165) is 6.42 Å². The van der Waals surface area contributed by atoms with Crippen LogP contribution >= 0.6 is 24.0 Å². The number of carbonyl (C=O) groups is 2. The first-order chi connectivity index (χ1) is 8.99. The van der Waals surface area contributed by atoms with Crippen molar-refractivity contribution in [1.29, 1.82) is 0 Å². The van der Waals surface area contributed by atoms with Gasteiger partial charge in [0.2, 0.25) is 5.91 Å². The summed E-state index contributed by atoms with van der Waals surface area (Å²) in [4.78, 5) is 23.3. The van der Waals surface area contributed by atoms with Crippen molar-refractivity contribution in [3.05, 3.63) is 34.9 Å². The van der Waals surface area contributed by atoms with E-state index >= 15 is 0 Å². The second-order valence-corrected chi connectivity index (χ2v) is 4.98. The molecule has 4 nitrogen and oxygen atoms in total. The third-order valence-corrected chi connectivity index (χ3v) is 2.92. The van der Waals surface area contributed by atoms with Crippen LogP contribution in [-0.2, 0) is 4.79 Å². The van der Waals surface area contributed by atoms with Crippen molar-refractivity contribution in [1.82, 2.24) is 5.32 Å². The van der Waals surface area contributed by atoms with E-state index in [1.165, 1.54) is 0 Å². The molecule has 6 heteroatoms. The molecule has 0 radical (unpaired) electrons. The SMILES string of the molecule is CC(N)CCNC(=O)CCC(=O)c1ccc(Cl)cc1.Cl. The van der Waals surface area contributed by atoms with Crippen molar-refractivity contribution in [3.63, 3.8) is 0 Å². The fraction of sp³-hybridized carbons (Fsp3) is 0.429. The summed E-state index contributed by atoms with van der Waals surface area (Å²) in [7, 11) is 0. The Bertz CT molecular complexity index is 433. The van der Waals surface area contributed by atoms with Crippen LogP contribution in [0.15, 0.2) is 24.3 Å². The van der Waals surface area contributed by atoms with E-state index in [1.54, 1.807) is 24.3 Å². The van der Waals surface area contributed by atoms with E-state index in [9.17, 15) is 9.59 Å². The fourth-order valence-corrected chi connectivity index (χ4v) is 1.66. The van der Waals surface area contributed by atoms with Gasteiger partial charge in [0.15, 0.2) is 5.78 Å². The molecule has 0 saturated carbocycles. The highest BCUT2D eigenvalue weighted by Gasteiger charge is 2.09. The van der Waals surface area contributed by atoms with Crippen molar-refractivity contribution < 1.29 is 9.59 Å². The van der Waals surface area contributed by atoms with Gasteiger partial charge in [-0.1, -0.05) is 11.6 Å². The number of ketones is 1. The van der Waals surface area contributed by atoms with Gasteiger partial charge in [-0.25, -0.2) is 0 Å². The first-order valence-corrected chi connectivity index (χ1v) is 6.68. The number of amides is 1. The van der Waals surface area contributed by atoms with Crippen LogP contribution in [0.4, 0.5) is 0 Å². The first kappa shape index (κ1) is 18.9. The van der Waals surface area contributed by atoms with Crippen LogP contribution < -0.4 is 11.1 Å². The Morgan fingerprint density at radius 3 is 2.40 bits per heavy atom. The zero-order chi connectivity index (χ0) is 14.3. The van der Waals surface area contributed by atoms with E-state index in [2.05, 4.69) is 5.32 Å². The third kappa shape index (κ3) is 7.48. The second-order valence-electron chi connectivity index (χ2n) is 4.55. The van der Waals surface area contributed by atoms with Gasteiger partial charge in [0, 0.05) is 36.0 Å². The molecule has 20 heavy (non-hydrogen) atoms. The lowest BCUT2D eigenvalue weighted by Crippen LogP contribution is -2.29. The summed E-state index contributed by atoms with van der Waals surface area (Å²) in [6.07, 6.45) is 1.13. The van der Waals surface area contributed by atoms with Gasteiger partial charge in [0.1, 0.15) is 0 Å². The van der Waals surface area contributed by atoms with Gasteiger partial charge in [-0.3, -0.25) is 9.59 Å². The summed E-state index contributed by atoms with van der Waals surface area (Å²) < 4.78 is 0. The normalized spacial score (nSPS) is 11.3. The highest BCUT2D eigenvalue weighted by molar-refractivity contribution is 6.30. The molecule has 1 aromatic carbocycles. The lowest BCUT2D eigenvalue weighted by molar-refractivity contribution is -0.121. The van der Waals surface area contributed by atoms with Crippen molar-refractivity contribution in [2.75, 3.05) is 6.54 Å². The van der Waals surface area contributed by atoms with E-state index in [-0.39, 0.29) is 43.0 Å². The Morgan fingerprint density at radius 1 is 1.25 bits per heavy atom. The summed E-state index contributed by atoms with van der Waals surface area (Å²) in [5.74, 6) is -0.179. The second kappa shape index (κ2) is 9.75. The van der Waals surface area contributed by atoms with Gasteiger partial charge in [-0.15, -0.1) is 12.4 Å². The number of nitrogens with one attached hydrogen (secondary N) is 1. The number of rotatable bonds is 7. The molecular formula is C14H20Cl2N2O2. The molecule has 1 atom stereocenters. The molecular weight excluding hydrogens is 299 g/mol. The minimum Gasteiger partial charge on any atom is -0.356 e. The maximum atomic E-state index is 11.8. The highest BCUT2D eigenvalue weighted by Crippen LogP contribution is 2.11. The zero-order valence-electron chi connectivity index (χ0n) is 11.4.